The Labute approximate surface area is 237 Å². The minimum Gasteiger partial charge on any atom is -0.488 e. The summed E-state index contributed by atoms with van der Waals surface area (Å²) in [7, 11) is 0. The zero-order chi connectivity index (χ0) is 29.7. The van der Waals surface area contributed by atoms with E-state index in [-0.39, 0.29) is 51.5 Å². The normalized spacial score (nSPS) is 12.4. The third kappa shape index (κ3) is 4.50. The number of hydrogen-bond donors (Lipinski definition) is 1. The van der Waals surface area contributed by atoms with Gasteiger partial charge >= 0.3 is 0 Å². The summed E-state index contributed by atoms with van der Waals surface area (Å²) in [6.45, 7) is 5.27. The van der Waals surface area contributed by atoms with Crippen molar-refractivity contribution in [2.75, 3.05) is 5.73 Å². The second-order valence-electron chi connectivity index (χ2n) is 9.98. The van der Waals surface area contributed by atoms with Gasteiger partial charge in [-0.25, -0.2) is 32.8 Å². The van der Waals surface area contributed by atoms with Crippen molar-refractivity contribution in [2.45, 2.75) is 32.9 Å². The fourth-order valence-electron chi connectivity index (χ4n) is 4.94. The van der Waals surface area contributed by atoms with Crippen LogP contribution in [0.25, 0.3) is 39.1 Å². The quantitative estimate of drug-likeness (QED) is 0.278. The summed E-state index contributed by atoms with van der Waals surface area (Å²) in [5, 5.41) is 5.07. The van der Waals surface area contributed by atoms with E-state index in [4.69, 9.17) is 15.6 Å². The van der Waals surface area contributed by atoms with E-state index >= 15 is 0 Å². The van der Waals surface area contributed by atoms with Crippen LogP contribution < -0.4 is 16.0 Å². The number of pyridine rings is 1. The molecule has 0 bridgehead atoms. The van der Waals surface area contributed by atoms with Crippen LogP contribution in [-0.2, 0) is 0 Å². The van der Waals surface area contributed by atoms with Gasteiger partial charge in [-0.2, -0.15) is 5.10 Å². The first kappa shape index (κ1) is 26.9. The molecule has 4 aromatic heterocycles. The molecule has 2 N–H and O–H groups in total. The van der Waals surface area contributed by atoms with Gasteiger partial charge in [0.2, 0.25) is 0 Å². The number of halogens is 3. The van der Waals surface area contributed by atoms with E-state index < -0.39 is 29.1 Å². The standard InChI is InChI=1S/C30H24F3N7O2/c1-15(2)42-22-10-9-18(13-21(22)33)26-24-27(34)35-14-36-29(24)40(38-26)16(3)25-23(17-6-4-7-19(31)12-17)30(41)39-11-5-8-20(32)28(39)37-25/h4-16H,1-3H3,(H2,34,35,36)/t16-/m0/s1. The Balaban J connectivity index is 1.60. The van der Waals surface area contributed by atoms with Crippen LogP contribution in [0.1, 0.15) is 32.5 Å². The van der Waals surface area contributed by atoms with Gasteiger partial charge in [0, 0.05) is 11.8 Å². The fourth-order valence-corrected chi connectivity index (χ4v) is 4.94. The van der Waals surface area contributed by atoms with Gasteiger partial charge in [-0.05, 0) is 68.8 Å². The first-order valence-electron chi connectivity index (χ1n) is 13.1. The molecule has 9 nitrogen and oxygen atoms in total. The van der Waals surface area contributed by atoms with Crippen molar-refractivity contribution in [3.05, 3.63) is 101 Å². The molecule has 12 heteroatoms. The zero-order valence-corrected chi connectivity index (χ0v) is 22.7. The van der Waals surface area contributed by atoms with E-state index in [1.54, 1.807) is 32.9 Å². The molecule has 0 spiro atoms. The molecule has 212 valence electrons. The van der Waals surface area contributed by atoms with E-state index in [2.05, 4.69) is 15.0 Å². The Hall–Kier alpha value is -5.26. The lowest BCUT2D eigenvalue weighted by Crippen LogP contribution is -2.24. The monoisotopic (exact) mass is 571 g/mol. The molecule has 0 radical (unpaired) electrons. The van der Waals surface area contributed by atoms with Gasteiger partial charge in [-0.1, -0.05) is 12.1 Å². The SMILES string of the molecule is CC(C)Oc1ccc(-c2nn([C@@H](C)c3nc4c(F)cccn4c(=O)c3-c3cccc(F)c3)c3ncnc(N)c23)cc1F. The first-order chi connectivity index (χ1) is 20.1. The lowest BCUT2D eigenvalue weighted by molar-refractivity contribution is 0.231. The van der Waals surface area contributed by atoms with Gasteiger partial charge in [0.15, 0.2) is 28.7 Å². The van der Waals surface area contributed by atoms with Crippen molar-refractivity contribution >= 4 is 22.5 Å². The zero-order valence-electron chi connectivity index (χ0n) is 22.7. The van der Waals surface area contributed by atoms with E-state index in [9.17, 15) is 18.0 Å². The van der Waals surface area contributed by atoms with Crippen molar-refractivity contribution in [3.8, 4) is 28.1 Å². The minimum absolute atomic E-state index is 0.0542. The molecule has 6 rings (SSSR count). The summed E-state index contributed by atoms with van der Waals surface area (Å²) in [6, 6.07) is 11.6. The first-order valence-corrected chi connectivity index (χ1v) is 13.1. The molecule has 0 aliphatic rings. The highest BCUT2D eigenvalue weighted by Crippen LogP contribution is 2.36. The Morgan fingerprint density at radius 2 is 1.71 bits per heavy atom. The lowest BCUT2D eigenvalue weighted by atomic mass is 10.0. The van der Waals surface area contributed by atoms with Crippen LogP contribution in [0.2, 0.25) is 0 Å². The van der Waals surface area contributed by atoms with Crippen LogP contribution in [0.3, 0.4) is 0 Å². The fraction of sp³-hybridized carbons (Fsp3) is 0.167. The predicted molar refractivity (Wildman–Crippen MR) is 152 cm³/mol. The molecule has 42 heavy (non-hydrogen) atoms. The molecule has 0 fully saturated rings. The predicted octanol–water partition coefficient (Wildman–Crippen LogP) is 5.56. The van der Waals surface area contributed by atoms with Gasteiger partial charge in [0.1, 0.15) is 23.7 Å². The van der Waals surface area contributed by atoms with Gasteiger partial charge in [0.05, 0.1) is 28.8 Å². The molecule has 0 saturated carbocycles. The van der Waals surface area contributed by atoms with Crippen molar-refractivity contribution in [1.29, 1.82) is 0 Å². The van der Waals surface area contributed by atoms with Crippen LogP contribution in [0.5, 0.6) is 5.75 Å². The van der Waals surface area contributed by atoms with Crippen LogP contribution in [0.4, 0.5) is 19.0 Å². The number of nitrogen functional groups attached to an aromatic ring is 1. The molecule has 0 aliphatic heterocycles. The topological polar surface area (TPSA) is 113 Å². The smallest absolute Gasteiger partial charge is 0.266 e. The summed E-state index contributed by atoms with van der Waals surface area (Å²) < 4.78 is 52.3. The molecule has 0 unspecified atom stereocenters. The summed E-state index contributed by atoms with van der Waals surface area (Å²) in [6.07, 6.45) is 2.41. The Morgan fingerprint density at radius 3 is 2.45 bits per heavy atom. The van der Waals surface area contributed by atoms with Crippen molar-refractivity contribution in [1.82, 2.24) is 29.1 Å². The summed E-state index contributed by atoms with van der Waals surface area (Å²) in [5.74, 6) is -1.70. The van der Waals surface area contributed by atoms with E-state index in [0.29, 0.717) is 10.9 Å². The van der Waals surface area contributed by atoms with Gasteiger partial charge < -0.3 is 10.5 Å². The summed E-state index contributed by atoms with van der Waals surface area (Å²) in [4.78, 5) is 26.8. The Kier molecular flexibility index (Phi) is 6.60. The van der Waals surface area contributed by atoms with E-state index in [1.165, 1.54) is 59.7 Å². The maximum absolute atomic E-state index is 15.0. The van der Waals surface area contributed by atoms with Crippen LogP contribution >= 0.6 is 0 Å². The number of fused-ring (bicyclic) bond motifs is 2. The van der Waals surface area contributed by atoms with Crippen molar-refractivity contribution in [2.24, 2.45) is 0 Å². The molecule has 4 heterocycles. The molecular weight excluding hydrogens is 547 g/mol. The van der Waals surface area contributed by atoms with Crippen molar-refractivity contribution in [3.63, 3.8) is 0 Å². The second kappa shape index (κ2) is 10.3. The molecule has 6 aromatic rings. The van der Waals surface area contributed by atoms with Gasteiger partial charge in [0.25, 0.3) is 5.56 Å². The minimum atomic E-state index is -0.848. The number of nitrogens with two attached hydrogens (primary N) is 1. The maximum Gasteiger partial charge on any atom is 0.266 e. The number of benzene rings is 2. The maximum atomic E-state index is 15.0. The number of ether oxygens (including phenoxy) is 1. The molecule has 2 aromatic carbocycles. The molecule has 0 aliphatic carbocycles. The highest BCUT2D eigenvalue weighted by atomic mass is 19.1. The van der Waals surface area contributed by atoms with E-state index in [0.717, 1.165) is 4.40 Å². The molecule has 1 atom stereocenters. The Morgan fingerprint density at radius 1 is 0.905 bits per heavy atom. The Bertz CT molecular complexity index is 2060. The number of rotatable bonds is 6. The van der Waals surface area contributed by atoms with Crippen LogP contribution in [-0.4, -0.2) is 35.2 Å². The third-order valence-electron chi connectivity index (χ3n) is 6.80. The number of nitrogens with zero attached hydrogens (tertiary/aromatic N) is 6. The number of aromatic nitrogens is 6. The second-order valence-corrected chi connectivity index (χ2v) is 9.98. The van der Waals surface area contributed by atoms with Crippen molar-refractivity contribution < 1.29 is 17.9 Å². The highest BCUT2D eigenvalue weighted by Gasteiger charge is 2.27. The largest absolute Gasteiger partial charge is 0.488 e. The molecule has 0 amide bonds. The highest BCUT2D eigenvalue weighted by molar-refractivity contribution is 5.98. The molecule has 0 saturated heterocycles. The third-order valence-corrected chi connectivity index (χ3v) is 6.80. The summed E-state index contributed by atoms with van der Waals surface area (Å²) >= 11 is 0. The van der Waals surface area contributed by atoms with Gasteiger partial charge in [-0.3, -0.25) is 9.20 Å². The van der Waals surface area contributed by atoms with E-state index in [1.807, 2.05) is 0 Å². The average Bonchev–Trinajstić information content (AvgIpc) is 3.35. The van der Waals surface area contributed by atoms with Crippen LogP contribution in [0, 0.1) is 17.5 Å². The summed E-state index contributed by atoms with van der Waals surface area (Å²) in [5.41, 5.74) is 6.80. The van der Waals surface area contributed by atoms with Crippen LogP contribution in [0.15, 0.2) is 71.9 Å². The average molecular weight is 572 g/mol. The van der Waals surface area contributed by atoms with Gasteiger partial charge in [-0.15, -0.1) is 0 Å². The number of anilines is 1. The number of hydrogen-bond acceptors (Lipinski definition) is 7. The lowest BCUT2D eigenvalue weighted by Gasteiger charge is -2.18. The molecular formula is C30H24F3N7O2.